The Morgan fingerprint density at radius 1 is 1.15 bits per heavy atom. The highest BCUT2D eigenvalue weighted by Gasteiger charge is 2.26. The van der Waals surface area contributed by atoms with Crippen molar-refractivity contribution in [1.82, 2.24) is 0 Å². The number of anilines is 1. The second-order valence-electron chi connectivity index (χ2n) is 5.98. The fourth-order valence-electron chi connectivity index (χ4n) is 1.44. The maximum absolute atomic E-state index is 12.4. The molecule has 1 aromatic rings. The Hall–Kier alpha value is -1.17. The van der Waals surface area contributed by atoms with Gasteiger partial charge in [0.1, 0.15) is 0 Å². The Balaban J connectivity index is 2.74. The van der Waals surface area contributed by atoms with Crippen molar-refractivity contribution in [2.45, 2.75) is 38.3 Å². The summed E-state index contributed by atoms with van der Waals surface area (Å²) < 4.78 is 47.3. The molecule has 0 aliphatic rings. The van der Waals surface area contributed by atoms with Crippen LogP contribution in [-0.2, 0) is 9.84 Å². The molecule has 0 spiro atoms. The summed E-state index contributed by atoms with van der Waals surface area (Å²) >= 11 is 0. The molecule has 0 aliphatic carbocycles. The minimum atomic E-state index is -4.51. The highest BCUT2D eigenvalue weighted by molar-refractivity contribution is 7.91. The molecule has 114 valence electrons. The summed E-state index contributed by atoms with van der Waals surface area (Å²) in [6, 6.07) is 5.41. The van der Waals surface area contributed by atoms with Crippen molar-refractivity contribution < 1.29 is 17.2 Å². The van der Waals surface area contributed by atoms with E-state index in [4.69, 9.17) is 0 Å². The molecule has 0 saturated heterocycles. The molecule has 1 rings (SSSR count). The highest BCUT2D eigenvalue weighted by Crippen LogP contribution is 2.26. The summed E-state index contributed by atoms with van der Waals surface area (Å²) in [6.45, 7) is 9.25. The number of rotatable bonds is 5. The lowest BCUT2D eigenvalue weighted by atomic mass is 9.82. The molecule has 0 amide bonds. The van der Waals surface area contributed by atoms with Gasteiger partial charge in [-0.2, -0.15) is 8.78 Å². The van der Waals surface area contributed by atoms with Crippen LogP contribution in [0, 0.1) is 11.3 Å². The lowest BCUT2D eigenvalue weighted by molar-refractivity contribution is 0.234. The molecule has 6 heteroatoms. The van der Waals surface area contributed by atoms with Gasteiger partial charge < -0.3 is 5.32 Å². The van der Waals surface area contributed by atoms with Crippen molar-refractivity contribution in [3.63, 3.8) is 0 Å². The summed E-state index contributed by atoms with van der Waals surface area (Å²) in [5.41, 5.74) is 0.876. The first-order chi connectivity index (χ1) is 9.05. The minimum absolute atomic E-state index is 0.159. The molecular weight excluding hydrogens is 284 g/mol. The van der Waals surface area contributed by atoms with Gasteiger partial charge in [0.05, 0.1) is 4.90 Å². The quantitative estimate of drug-likeness (QED) is 0.900. The fraction of sp³-hybridized carbons (Fsp3) is 0.571. The third-order valence-electron chi connectivity index (χ3n) is 3.51. The van der Waals surface area contributed by atoms with Crippen LogP contribution in [0.25, 0.3) is 0 Å². The summed E-state index contributed by atoms with van der Waals surface area (Å²) in [4.78, 5) is -0.359. The van der Waals surface area contributed by atoms with Crippen LogP contribution in [0.5, 0.6) is 0 Å². The third-order valence-corrected chi connectivity index (χ3v) is 4.91. The summed E-state index contributed by atoms with van der Waals surface area (Å²) in [5.74, 6) is -2.98. The average Bonchev–Trinajstić information content (AvgIpc) is 2.35. The van der Waals surface area contributed by atoms with Crippen LogP contribution in [0.2, 0.25) is 0 Å². The van der Waals surface area contributed by atoms with Crippen LogP contribution in [0.4, 0.5) is 14.5 Å². The standard InChI is InChI=1S/C14H21F2NO2S/c1-10(14(2,3)4)9-17-11-5-7-12(8-6-11)20(18,19)13(15)16/h5-8,10,13,17H,9H2,1-4H3. The van der Waals surface area contributed by atoms with Crippen LogP contribution in [0.1, 0.15) is 27.7 Å². The molecule has 20 heavy (non-hydrogen) atoms. The van der Waals surface area contributed by atoms with Crippen LogP contribution in [0.15, 0.2) is 29.2 Å². The number of alkyl halides is 2. The minimum Gasteiger partial charge on any atom is -0.385 e. The van der Waals surface area contributed by atoms with E-state index in [0.717, 1.165) is 6.54 Å². The van der Waals surface area contributed by atoms with E-state index in [2.05, 4.69) is 33.0 Å². The smallest absolute Gasteiger partial charge is 0.341 e. The molecule has 0 bridgehead atoms. The first kappa shape index (κ1) is 16.9. The van der Waals surface area contributed by atoms with Gasteiger partial charge in [-0.25, -0.2) is 8.42 Å². The Labute approximate surface area is 119 Å². The molecule has 0 saturated carbocycles. The molecule has 1 unspecified atom stereocenters. The fourth-order valence-corrected chi connectivity index (χ4v) is 2.16. The van der Waals surface area contributed by atoms with Crippen molar-refractivity contribution in [3.8, 4) is 0 Å². The van der Waals surface area contributed by atoms with Crippen LogP contribution in [0.3, 0.4) is 0 Å². The highest BCUT2D eigenvalue weighted by atomic mass is 32.2. The Morgan fingerprint density at radius 3 is 2.05 bits per heavy atom. The monoisotopic (exact) mass is 305 g/mol. The molecule has 0 aromatic heterocycles. The topological polar surface area (TPSA) is 46.2 Å². The molecule has 3 nitrogen and oxygen atoms in total. The molecule has 1 aromatic carbocycles. The molecule has 1 atom stereocenters. The first-order valence-corrected chi connectivity index (χ1v) is 7.96. The predicted octanol–water partition coefficient (Wildman–Crippen LogP) is 3.78. The molecule has 0 aliphatic heterocycles. The van der Waals surface area contributed by atoms with E-state index in [9.17, 15) is 17.2 Å². The number of nitrogens with one attached hydrogen (secondary N) is 1. The van der Waals surface area contributed by atoms with Gasteiger partial charge >= 0.3 is 5.76 Å². The normalized spacial score (nSPS) is 14.3. The summed E-state index contributed by atoms with van der Waals surface area (Å²) in [5, 5.41) is 3.18. The molecule has 0 heterocycles. The number of sulfone groups is 1. The van der Waals surface area contributed by atoms with E-state index in [1.165, 1.54) is 24.3 Å². The molecule has 0 fully saturated rings. The van der Waals surface area contributed by atoms with Crippen molar-refractivity contribution >= 4 is 15.5 Å². The second kappa shape index (κ2) is 6.08. The molecule has 1 N–H and O–H groups in total. The van der Waals surface area contributed by atoms with Crippen LogP contribution >= 0.6 is 0 Å². The number of hydrogen-bond acceptors (Lipinski definition) is 3. The zero-order valence-electron chi connectivity index (χ0n) is 12.2. The molecule has 0 radical (unpaired) electrons. The summed E-state index contributed by atoms with van der Waals surface area (Å²) in [6.07, 6.45) is 0. The largest absolute Gasteiger partial charge is 0.385 e. The Kier molecular flexibility index (Phi) is 5.13. The number of benzene rings is 1. The zero-order valence-corrected chi connectivity index (χ0v) is 13.0. The Bertz CT molecular complexity index is 533. The van der Waals surface area contributed by atoms with Gasteiger partial charge in [0.25, 0.3) is 0 Å². The van der Waals surface area contributed by atoms with Gasteiger partial charge in [-0.1, -0.05) is 27.7 Å². The second-order valence-corrected chi connectivity index (χ2v) is 7.90. The van der Waals surface area contributed by atoms with E-state index in [-0.39, 0.29) is 10.3 Å². The predicted molar refractivity (Wildman–Crippen MR) is 76.7 cm³/mol. The van der Waals surface area contributed by atoms with E-state index in [1.54, 1.807) is 0 Å². The van der Waals surface area contributed by atoms with Gasteiger partial charge in [-0.15, -0.1) is 0 Å². The van der Waals surface area contributed by atoms with Crippen LogP contribution < -0.4 is 5.32 Å². The van der Waals surface area contributed by atoms with Crippen molar-refractivity contribution in [2.24, 2.45) is 11.3 Å². The third kappa shape index (κ3) is 4.16. The lowest BCUT2D eigenvalue weighted by Crippen LogP contribution is -2.24. The SMILES string of the molecule is CC(CNc1ccc(S(=O)(=O)C(F)F)cc1)C(C)(C)C. The maximum Gasteiger partial charge on any atom is 0.341 e. The van der Waals surface area contributed by atoms with Gasteiger partial charge in [-0.05, 0) is 35.6 Å². The molecular formula is C14H21F2NO2S. The van der Waals surface area contributed by atoms with Crippen molar-refractivity contribution in [1.29, 1.82) is 0 Å². The summed E-state index contributed by atoms with van der Waals surface area (Å²) in [7, 11) is -4.51. The lowest BCUT2D eigenvalue weighted by Gasteiger charge is -2.27. The van der Waals surface area contributed by atoms with E-state index in [1.807, 2.05) is 0 Å². The van der Waals surface area contributed by atoms with Gasteiger partial charge in [0.15, 0.2) is 0 Å². The van der Waals surface area contributed by atoms with Gasteiger partial charge in [0, 0.05) is 12.2 Å². The number of hydrogen-bond donors (Lipinski definition) is 1. The zero-order chi connectivity index (χ0) is 15.6. The van der Waals surface area contributed by atoms with Gasteiger partial charge in [0.2, 0.25) is 9.84 Å². The van der Waals surface area contributed by atoms with Crippen LogP contribution in [-0.4, -0.2) is 20.7 Å². The van der Waals surface area contributed by atoms with Crippen molar-refractivity contribution in [3.05, 3.63) is 24.3 Å². The van der Waals surface area contributed by atoms with E-state index < -0.39 is 15.6 Å². The Morgan fingerprint density at radius 2 is 1.65 bits per heavy atom. The number of halogens is 2. The average molecular weight is 305 g/mol. The van der Waals surface area contributed by atoms with Gasteiger partial charge in [-0.3, -0.25) is 0 Å². The van der Waals surface area contributed by atoms with Crippen molar-refractivity contribution in [2.75, 3.05) is 11.9 Å². The first-order valence-electron chi connectivity index (χ1n) is 6.41. The van der Waals surface area contributed by atoms with E-state index in [0.29, 0.717) is 11.6 Å². The van der Waals surface area contributed by atoms with E-state index >= 15 is 0 Å². The maximum atomic E-state index is 12.4.